The highest BCUT2D eigenvalue weighted by atomic mass is 79.9. The Kier molecular flexibility index (Phi) is 4.93. The normalized spacial score (nSPS) is 12.2. The number of thiazole rings is 1. The molecule has 10 heteroatoms. The first kappa shape index (κ1) is 18.8. The van der Waals surface area contributed by atoms with Gasteiger partial charge in [-0.2, -0.15) is 0 Å². The summed E-state index contributed by atoms with van der Waals surface area (Å²) in [6.45, 7) is 0.775. The highest BCUT2D eigenvalue weighted by molar-refractivity contribution is 9.10. The zero-order chi connectivity index (χ0) is 20.5. The van der Waals surface area contributed by atoms with Crippen LogP contribution < -0.4 is 14.8 Å². The lowest BCUT2D eigenvalue weighted by Crippen LogP contribution is -2.12. The molecule has 1 aliphatic rings. The summed E-state index contributed by atoms with van der Waals surface area (Å²) in [5.74, 6) is 1.32. The molecular formula is C20H14BrN5O3S. The molecule has 0 saturated heterocycles. The minimum atomic E-state index is -0.305. The smallest absolute Gasteiger partial charge is 0.269 e. The number of halogens is 1. The van der Waals surface area contributed by atoms with Gasteiger partial charge in [-0.25, -0.2) is 14.6 Å². The standard InChI is InChI=1S/C20H14BrN5O3S/c21-14-4-1-12(2-5-14)9-26-10-23-20(25-26)24-18(27)17-8-22-19(30-17)13-3-6-15-16(7-13)29-11-28-15/h1-8,10H,9,11H2,(H,24,25,27). The highest BCUT2D eigenvalue weighted by Gasteiger charge is 2.17. The lowest BCUT2D eigenvalue weighted by atomic mass is 10.2. The van der Waals surface area contributed by atoms with Crippen molar-refractivity contribution in [2.45, 2.75) is 6.54 Å². The fourth-order valence-corrected chi connectivity index (χ4v) is 3.98. The number of benzene rings is 2. The molecule has 2 aromatic carbocycles. The summed E-state index contributed by atoms with van der Waals surface area (Å²) in [7, 11) is 0. The molecule has 1 aliphatic heterocycles. The average molecular weight is 484 g/mol. The Bertz CT molecular complexity index is 1220. The number of aromatic nitrogens is 4. The van der Waals surface area contributed by atoms with E-state index in [4.69, 9.17) is 9.47 Å². The van der Waals surface area contributed by atoms with Gasteiger partial charge in [-0.15, -0.1) is 16.4 Å². The molecule has 5 rings (SSSR count). The van der Waals surface area contributed by atoms with Crippen LogP contribution in [0.5, 0.6) is 11.5 Å². The van der Waals surface area contributed by atoms with E-state index in [1.165, 1.54) is 11.3 Å². The van der Waals surface area contributed by atoms with Gasteiger partial charge in [0, 0.05) is 10.0 Å². The Morgan fingerprint density at radius 3 is 2.83 bits per heavy atom. The zero-order valence-electron chi connectivity index (χ0n) is 15.4. The maximum Gasteiger partial charge on any atom is 0.269 e. The predicted octanol–water partition coefficient (Wildman–Crippen LogP) is 4.19. The van der Waals surface area contributed by atoms with Crippen LogP contribution in [-0.2, 0) is 6.54 Å². The second-order valence-corrected chi connectivity index (χ2v) is 8.39. The van der Waals surface area contributed by atoms with Gasteiger partial charge >= 0.3 is 0 Å². The fraction of sp³-hybridized carbons (Fsp3) is 0.100. The maximum atomic E-state index is 12.6. The average Bonchev–Trinajstić information content (AvgIpc) is 3.50. The van der Waals surface area contributed by atoms with E-state index in [0.29, 0.717) is 27.9 Å². The van der Waals surface area contributed by atoms with Crippen molar-refractivity contribution in [2.24, 2.45) is 0 Å². The summed E-state index contributed by atoms with van der Waals surface area (Å²) in [4.78, 5) is 21.6. The summed E-state index contributed by atoms with van der Waals surface area (Å²) in [5, 5.41) is 7.74. The summed E-state index contributed by atoms with van der Waals surface area (Å²) < 4.78 is 13.4. The summed E-state index contributed by atoms with van der Waals surface area (Å²) in [6, 6.07) is 13.5. The molecule has 30 heavy (non-hydrogen) atoms. The summed E-state index contributed by atoms with van der Waals surface area (Å²) in [6.07, 6.45) is 3.13. The van der Waals surface area contributed by atoms with Gasteiger partial charge in [-0.05, 0) is 35.9 Å². The van der Waals surface area contributed by atoms with Gasteiger partial charge in [0.25, 0.3) is 5.91 Å². The van der Waals surface area contributed by atoms with E-state index in [2.05, 4.69) is 36.3 Å². The van der Waals surface area contributed by atoms with Crippen LogP contribution in [0.25, 0.3) is 10.6 Å². The topological polar surface area (TPSA) is 91.2 Å². The van der Waals surface area contributed by atoms with Crippen LogP contribution >= 0.6 is 27.3 Å². The van der Waals surface area contributed by atoms with E-state index in [1.54, 1.807) is 17.2 Å². The molecule has 0 spiro atoms. The molecule has 1 N–H and O–H groups in total. The SMILES string of the molecule is O=C(Nc1ncn(Cc2ccc(Br)cc2)n1)c1cnc(-c2ccc3c(c2)OCO3)s1. The molecule has 1 amide bonds. The van der Waals surface area contributed by atoms with Crippen molar-refractivity contribution in [3.8, 4) is 22.1 Å². The lowest BCUT2D eigenvalue weighted by Gasteiger charge is -2.01. The van der Waals surface area contributed by atoms with Crippen LogP contribution in [0.3, 0.4) is 0 Å². The minimum Gasteiger partial charge on any atom is -0.454 e. The van der Waals surface area contributed by atoms with Crippen LogP contribution in [-0.4, -0.2) is 32.4 Å². The molecule has 3 heterocycles. The first-order chi connectivity index (χ1) is 14.6. The van der Waals surface area contributed by atoms with Crippen LogP contribution in [0, 0.1) is 0 Å². The summed E-state index contributed by atoms with van der Waals surface area (Å²) >= 11 is 4.70. The van der Waals surface area contributed by atoms with Crippen molar-refractivity contribution in [1.82, 2.24) is 19.7 Å². The number of hydrogen-bond acceptors (Lipinski definition) is 7. The quantitative estimate of drug-likeness (QED) is 0.457. The monoisotopic (exact) mass is 483 g/mol. The van der Waals surface area contributed by atoms with Crippen molar-refractivity contribution >= 4 is 39.1 Å². The van der Waals surface area contributed by atoms with E-state index in [-0.39, 0.29) is 18.6 Å². The number of anilines is 1. The Morgan fingerprint density at radius 2 is 1.97 bits per heavy atom. The Hall–Kier alpha value is -3.24. The van der Waals surface area contributed by atoms with Gasteiger partial charge in [0.05, 0.1) is 12.7 Å². The number of fused-ring (bicyclic) bond motifs is 1. The van der Waals surface area contributed by atoms with Crippen LogP contribution in [0.2, 0.25) is 0 Å². The number of nitrogens with one attached hydrogen (secondary N) is 1. The van der Waals surface area contributed by atoms with Crippen molar-refractivity contribution in [3.05, 3.63) is 69.9 Å². The molecule has 2 aromatic heterocycles. The molecule has 0 fully saturated rings. The molecule has 150 valence electrons. The van der Waals surface area contributed by atoms with Gasteiger partial charge < -0.3 is 9.47 Å². The molecule has 0 saturated carbocycles. The van der Waals surface area contributed by atoms with Crippen molar-refractivity contribution in [1.29, 1.82) is 0 Å². The number of carbonyl (C=O) groups is 1. The van der Waals surface area contributed by atoms with E-state index in [1.807, 2.05) is 42.5 Å². The number of hydrogen-bond donors (Lipinski definition) is 1. The number of ether oxygens (including phenoxy) is 2. The first-order valence-corrected chi connectivity index (χ1v) is 10.6. The lowest BCUT2D eigenvalue weighted by molar-refractivity contribution is 0.102. The van der Waals surface area contributed by atoms with Crippen LogP contribution in [0.15, 0.2) is 59.5 Å². The number of carbonyl (C=O) groups excluding carboxylic acids is 1. The maximum absolute atomic E-state index is 12.6. The van der Waals surface area contributed by atoms with Crippen LogP contribution in [0.1, 0.15) is 15.2 Å². The Morgan fingerprint density at radius 1 is 1.13 bits per heavy atom. The Balaban J connectivity index is 1.26. The third-order valence-electron chi connectivity index (χ3n) is 4.37. The van der Waals surface area contributed by atoms with Crippen molar-refractivity contribution in [3.63, 3.8) is 0 Å². The fourth-order valence-electron chi connectivity index (χ4n) is 2.91. The molecule has 0 bridgehead atoms. The molecule has 8 nitrogen and oxygen atoms in total. The molecule has 0 unspecified atom stereocenters. The molecular weight excluding hydrogens is 470 g/mol. The third kappa shape index (κ3) is 3.91. The Labute approximate surface area is 183 Å². The second-order valence-electron chi connectivity index (χ2n) is 6.44. The largest absolute Gasteiger partial charge is 0.454 e. The zero-order valence-corrected chi connectivity index (χ0v) is 17.8. The number of rotatable bonds is 5. The van der Waals surface area contributed by atoms with Crippen LogP contribution in [0.4, 0.5) is 5.95 Å². The van der Waals surface area contributed by atoms with E-state index in [0.717, 1.165) is 15.6 Å². The molecule has 4 aromatic rings. The van der Waals surface area contributed by atoms with Gasteiger partial charge in [0.15, 0.2) is 11.5 Å². The van der Waals surface area contributed by atoms with Gasteiger partial charge in [-0.3, -0.25) is 10.1 Å². The molecule has 0 aliphatic carbocycles. The number of nitrogens with zero attached hydrogens (tertiary/aromatic N) is 4. The van der Waals surface area contributed by atoms with Gasteiger partial charge in [0.2, 0.25) is 12.7 Å². The van der Waals surface area contributed by atoms with Gasteiger partial charge in [-0.1, -0.05) is 28.1 Å². The predicted molar refractivity (Wildman–Crippen MR) is 115 cm³/mol. The molecule has 0 radical (unpaired) electrons. The summed E-state index contributed by atoms with van der Waals surface area (Å²) in [5.41, 5.74) is 1.94. The van der Waals surface area contributed by atoms with Crippen molar-refractivity contribution in [2.75, 3.05) is 12.1 Å². The van der Waals surface area contributed by atoms with Crippen molar-refractivity contribution < 1.29 is 14.3 Å². The van der Waals surface area contributed by atoms with E-state index >= 15 is 0 Å². The first-order valence-electron chi connectivity index (χ1n) is 8.95. The number of amides is 1. The highest BCUT2D eigenvalue weighted by Crippen LogP contribution is 2.37. The minimum absolute atomic E-state index is 0.214. The van der Waals surface area contributed by atoms with Gasteiger partial charge in [0.1, 0.15) is 16.2 Å². The van der Waals surface area contributed by atoms with E-state index in [9.17, 15) is 4.79 Å². The molecule has 0 atom stereocenters. The third-order valence-corrected chi connectivity index (χ3v) is 5.94. The van der Waals surface area contributed by atoms with E-state index < -0.39 is 0 Å². The second kappa shape index (κ2) is 7.88.